The SMILES string of the molecule is COCCNS(=O)(=O)c1ccc(C)c(C(=O)NC(C)Cc2ccc(Br)cc2)c1. The van der Waals surface area contributed by atoms with Gasteiger partial charge in [0.25, 0.3) is 5.91 Å². The molecule has 0 aliphatic carbocycles. The van der Waals surface area contributed by atoms with Crippen molar-refractivity contribution in [1.82, 2.24) is 10.0 Å². The van der Waals surface area contributed by atoms with Gasteiger partial charge in [-0.25, -0.2) is 13.1 Å². The van der Waals surface area contributed by atoms with Crippen molar-refractivity contribution in [2.45, 2.75) is 31.2 Å². The average molecular weight is 469 g/mol. The maximum atomic E-state index is 12.7. The number of hydrogen-bond acceptors (Lipinski definition) is 4. The molecule has 1 amide bonds. The van der Waals surface area contributed by atoms with E-state index in [1.54, 1.807) is 13.0 Å². The van der Waals surface area contributed by atoms with Crippen LogP contribution in [0.3, 0.4) is 0 Å². The first-order valence-electron chi connectivity index (χ1n) is 8.87. The number of nitrogens with one attached hydrogen (secondary N) is 2. The first-order chi connectivity index (χ1) is 13.2. The van der Waals surface area contributed by atoms with E-state index in [0.717, 1.165) is 10.0 Å². The largest absolute Gasteiger partial charge is 0.383 e. The smallest absolute Gasteiger partial charge is 0.251 e. The molecule has 6 nitrogen and oxygen atoms in total. The van der Waals surface area contributed by atoms with Crippen molar-refractivity contribution in [3.05, 3.63) is 63.6 Å². The monoisotopic (exact) mass is 468 g/mol. The Bertz CT molecular complexity index is 914. The van der Waals surface area contributed by atoms with Gasteiger partial charge in [0.2, 0.25) is 10.0 Å². The minimum Gasteiger partial charge on any atom is -0.383 e. The molecule has 0 fully saturated rings. The van der Waals surface area contributed by atoms with Gasteiger partial charge in [-0.3, -0.25) is 4.79 Å². The molecule has 0 heterocycles. The number of methoxy groups -OCH3 is 1. The van der Waals surface area contributed by atoms with E-state index >= 15 is 0 Å². The molecule has 2 aromatic rings. The summed E-state index contributed by atoms with van der Waals surface area (Å²) in [6.45, 7) is 4.13. The van der Waals surface area contributed by atoms with Crippen molar-refractivity contribution >= 4 is 31.9 Å². The number of benzene rings is 2. The number of sulfonamides is 1. The van der Waals surface area contributed by atoms with Gasteiger partial charge in [-0.1, -0.05) is 34.1 Å². The number of carbonyl (C=O) groups excluding carboxylic acids is 1. The van der Waals surface area contributed by atoms with E-state index < -0.39 is 10.0 Å². The minimum atomic E-state index is -3.70. The Morgan fingerprint density at radius 1 is 1.18 bits per heavy atom. The van der Waals surface area contributed by atoms with Gasteiger partial charge in [0.1, 0.15) is 0 Å². The maximum absolute atomic E-state index is 12.7. The first-order valence-corrected chi connectivity index (χ1v) is 11.1. The van der Waals surface area contributed by atoms with E-state index in [9.17, 15) is 13.2 Å². The number of rotatable bonds is 9. The van der Waals surface area contributed by atoms with Crippen LogP contribution in [-0.2, 0) is 21.2 Å². The zero-order valence-corrected chi connectivity index (χ0v) is 18.6. The summed E-state index contributed by atoms with van der Waals surface area (Å²) in [4.78, 5) is 12.8. The molecule has 0 aliphatic heterocycles. The van der Waals surface area contributed by atoms with E-state index in [1.165, 1.54) is 19.2 Å². The van der Waals surface area contributed by atoms with Crippen LogP contribution in [0.5, 0.6) is 0 Å². The third-order valence-electron chi connectivity index (χ3n) is 4.19. The second kappa shape index (κ2) is 10.2. The fraction of sp³-hybridized carbons (Fsp3) is 0.350. The van der Waals surface area contributed by atoms with Crippen molar-refractivity contribution in [1.29, 1.82) is 0 Å². The van der Waals surface area contributed by atoms with Crippen LogP contribution in [0.1, 0.15) is 28.4 Å². The highest BCUT2D eigenvalue weighted by Crippen LogP contribution is 2.17. The predicted molar refractivity (Wildman–Crippen MR) is 113 cm³/mol. The van der Waals surface area contributed by atoms with Crippen LogP contribution >= 0.6 is 15.9 Å². The van der Waals surface area contributed by atoms with Gasteiger partial charge < -0.3 is 10.1 Å². The molecule has 0 bridgehead atoms. The summed E-state index contributed by atoms with van der Waals surface area (Å²) < 4.78 is 33.1. The van der Waals surface area contributed by atoms with E-state index in [-0.39, 0.29) is 30.0 Å². The van der Waals surface area contributed by atoms with E-state index in [1.807, 2.05) is 31.2 Å². The maximum Gasteiger partial charge on any atom is 0.251 e. The molecule has 0 aliphatic rings. The third kappa shape index (κ3) is 6.41. The van der Waals surface area contributed by atoms with Crippen molar-refractivity contribution in [2.24, 2.45) is 0 Å². The lowest BCUT2D eigenvalue weighted by Crippen LogP contribution is -2.34. The van der Waals surface area contributed by atoms with Crippen LogP contribution in [0, 0.1) is 6.92 Å². The van der Waals surface area contributed by atoms with E-state index in [2.05, 4.69) is 26.0 Å². The summed E-state index contributed by atoms with van der Waals surface area (Å²) in [6, 6.07) is 12.3. The Hall–Kier alpha value is -1.74. The van der Waals surface area contributed by atoms with Crippen molar-refractivity contribution < 1.29 is 17.9 Å². The summed E-state index contributed by atoms with van der Waals surface area (Å²) in [5, 5.41) is 2.95. The number of aryl methyl sites for hydroxylation is 1. The number of ether oxygens (including phenoxy) is 1. The van der Waals surface area contributed by atoms with Gasteiger partial charge in [-0.15, -0.1) is 0 Å². The lowest BCUT2D eigenvalue weighted by atomic mass is 10.1. The predicted octanol–water partition coefficient (Wildman–Crippen LogP) is 3.04. The summed E-state index contributed by atoms with van der Waals surface area (Å²) >= 11 is 3.40. The Balaban J connectivity index is 2.10. The van der Waals surface area contributed by atoms with Crippen LogP contribution < -0.4 is 10.0 Å². The van der Waals surface area contributed by atoms with Crippen molar-refractivity contribution in [3.63, 3.8) is 0 Å². The quantitative estimate of drug-likeness (QED) is 0.553. The highest BCUT2D eigenvalue weighted by molar-refractivity contribution is 9.10. The molecule has 2 aromatic carbocycles. The highest BCUT2D eigenvalue weighted by atomic mass is 79.9. The number of amides is 1. The molecular weight excluding hydrogens is 444 g/mol. The molecule has 0 saturated carbocycles. The lowest BCUT2D eigenvalue weighted by Gasteiger charge is -2.16. The summed E-state index contributed by atoms with van der Waals surface area (Å²) in [6.07, 6.45) is 0.675. The normalized spacial score (nSPS) is 12.6. The molecule has 1 unspecified atom stereocenters. The standard InChI is InChI=1S/C20H25BrN2O4S/c1-14-4-9-18(28(25,26)22-10-11-27-3)13-19(14)20(24)23-15(2)12-16-5-7-17(21)8-6-16/h4-9,13,15,22H,10-12H2,1-3H3,(H,23,24). The van der Waals surface area contributed by atoms with Gasteiger partial charge in [0.15, 0.2) is 0 Å². The number of halogens is 1. The summed E-state index contributed by atoms with van der Waals surface area (Å²) in [7, 11) is -2.20. The molecule has 8 heteroatoms. The number of hydrogen-bond donors (Lipinski definition) is 2. The van der Waals surface area contributed by atoms with Crippen LogP contribution in [0.25, 0.3) is 0 Å². The Morgan fingerprint density at radius 2 is 1.86 bits per heavy atom. The highest BCUT2D eigenvalue weighted by Gasteiger charge is 2.19. The fourth-order valence-corrected chi connectivity index (χ4v) is 4.00. The molecule has 0 saturated heterocycles. The molecular formula is C20H25BrN2O4S. The van der Waals surface area contributed by atoms with Gasteiger partial charge in [0.05, 0.1) is 11.5 Å². The second-order valence-corrected chi connectivity index (χ2v) is 9.26. The van der Waals surface area contributed by atoms with Gasteiger partial charge in [0, 0.05) is 29.7 Å². The minimum absolute atomic E-state index is 0.0555. The molecule has 0 radical (unpaired) electrons. The molecule has 0 aromatic heterocycles. The zero-order chi connectivity index (χ0) is 20.7. The molecule has 0 spiro atoms. The summed E-state index contributed by atoms with van der Waals surface area (Å²) in [5.74, 6) is -0.295. The van der Waals surface area contributed by atoms with Crippen LogP contribution in [0.15, 0.2) is 51.8 Å². The molecule has 1 atom stereocenters. The molecule has 2 rings (SSSR count). The molecule has 2 N–H and O–H groups in total. The third-order valence-corrected chi connectivity index (χ3v) is 6.18. The topological polar surface area (TPSA) is 84.5 Å². The number of carbonyl (C=O) groups is 1. The van der Waals surface area contributed by atoms with E-state index in [0.29, 0.717) is 17.5 Å². The van der Waals surface area contributed by atoms with E-state index in [4.69, 9.17) is 4.74 Å². The summed E-state index contributed by atoms with van der Waals surface area (Å²) in [5.41, 5.74) is 2.16. The van der Waals surface area contributed by atoms with Crippen LogP contribution in [0.4, 0.5) is 0 Å². The molecule has 28 heavy (non-hydrogen) atoms. The Morgan fingerprint density at radius 3 is 2.50 bits per heavy atom. The van der Waals surface area contributed by atoms with Crippen molar-refractivity contribution in [2.75, 3.05) is 20.3 Å². The van der Waals surface area contributed by atoms with Gasteiger partial charge in [-0.2, -0.15) is 0 Å². The lowest BCUT2D eigenvalue weighted by molar-refractivity contribution is 0.0939. The molecule has 152 valence electrons. The van der Waals surface area contributed by atoms with Gasteiger partial charge >= 0.3 is 0 Å². The first kappa shape index (κ1) is 22.5. The fourth-order valence-electron chi connectivity index (χ4n) is 2.70. The van der Waals surface area contributed by atoms with Crippen molar-refractivity contribution in [3.8, 4) is 0 Å². The zero-order valence-electron chi connectivity index (χ0n) is 16.2. The van der Waals surface area contributed by atoms with Gasteiger partial charge in [-0.05, 0) is 55.7 Å². The van der Waals surface area contributed by atoms with Crippen LogP contribution in [0.2, 0.25) is 0 Å². The Labute approximate surface area is 174 Å². The van der Waals surface area contributed by atoms with Crippen LogP contribution in [-0.4, -0.2) is 40.6 Å². The Kier molecular flexibility index (Phi) is 8.18. The average Bonchev–Trinajstić information content (AvgIpc) is 2.63. The second-order valence-electron chi connectivity index (χ2n) is 6.57.